The minimum absolute atomic E-state index is 0.329. The van der Waals surface area contributed by atoms with Crippen LogP contribution in [-0.4, -0.2) is 54.3 Å². The van der Waals surface area contributed by atoms with Gasteiger partial charge in [0.25, 0.3) is 0 Å². The van der Waals surface area contributed by atoms with Gasteiger partial charge in [0, 0.05) is 0 Å². The van der Waals surface area contributed by atoms with Crippen LogP contribution in [0.3, 0.4) is 0 Å². The Morgan fingerprint density at radius 3 is 1.85 bits per heavy atom. The summed E-state index contributed by atoms with van der Waals surface area (Å²) in [6.45, 7) is 0.712. The van der Waals surface area contributed by atoms with E-state index in [4.69, 9.17) is 32.0 Å². The molecule has 13 heavy (non-hydrogen) atoms. The highest BCUT2D eigenvalue weighted by Gasteiger charge is 2.13. The van der Waals surface area contributed by atoms with Gasteiger partial charge in [0.1, 0.15) is 12.6 Å². The SMILES string of the molecule is C[N+](C)(C)CC(O)CCl.O=[N+]([O-])[O-]. The van der Waals surface area contributed by atoms with Crippen LogP contribution in [0.5, 0.6) is 0 Å². The van der Waals surface area contributed by atoms with Crippen molar-refractivity contribution in [1.82, 2.24) is 0 Å². The minimum atomic E-state index is -1.75. The normalized spacial score (nSPS) is 12.7. The van der Waals surface area contributed by atoms with Crippen molar-refractivity contribution in [3.8, 4) is 0 Å². The Labute approximate surface area is 82.0 Å². The number of halogens is 1. The van der Waals surface area contributed by atoms with Crippen LogP contribution in [0.15, 0.2) is 0 Å². The Bertz CT molecular complexity index is 144. The fourth-order valence-corrected chi connectivity index (χ4v) is 0.779. The monoisotopic (exact) mass is 214 g/mol. The number of aliphatic hydroxyl groups excluding tert-OH is 1. The zero-order valence-corrected chi connectivity index (χ0v) is 8.69. The standard InChI is InChI=1S/C6H15ClNO.NO3/c1-8(2,3)5-6(9)4-7;2-1(3)4/h6,9H,4-5H2,1-3H3;/q+1;-1. The van der Waals surface area contributed by atoms with Crippen LogP contribution in [0.25, 0.3) is 0 Å². The molecule has 80 valence electrons. The van der Waals surface area contributed by atoms with Gasteiger partial charge in [-0.2, -0.15) is 0 Å². The first-order valence-electron chi connectivity index (χ1n) is 3.55. The van der Waals surface area contributed by atoms with Gasteiger partial charge in [0.05, 0.1) is 32.1 Å². The molecule has 0 aliphatic heterocycles. The summed E-state index contributed by atoms with van der Waals surface area (Å²) in [7, 11) is 6.07. The molecule has 1 atom stereocenters. The van der Waals surface area contributed by atoms with Crippen molar-refractivity contribution in [2.24, 2.45) is 0 Å². The quantitative estimate of drug-likeness (QED) is 0.311. The van der Waals surface area contributed by atoms with E-state index in [1.807, 2.05) is 21.1 Å². The van der Waals surface area contributed by atoms with Crippen molar-refractivity contribution < 1.29 is 14.7 Å². The average molecular weight is 215 g/mol. The molecule has 0 aromatic carbocycles. The predicted octanol–water partition coefficient (Wildman–Crippen LogP) is 0.0532. The maximum atomic E-state index is 9.05. The number of nitrogens with zero attached hydrogens (tertiary/aromatic N) is 2. The average Bonchev–Trinajstić information content (AvgIpc) is 1.82. The Morgan fingerprint density at radius 1 is 1.46 bits per heavy atom. The summed E-state index contributed by atoms with van der Waals surface area (Å²) in [6, 6.07) is 0. The molecule has 0 aliphatic rings. The lowest BCUT2D eigenvalue weighted by Gasteiger charge is -2.25. The summed E-state index contributed by atoms with van der Waals surface area (Å²) in [6.07, 6.45) is -0.369. The van der Waals surface area contributed by atoms with Crippen LogP contribution in [0.1, 0.15) is 0 Å². The Morgan fingerprint density at radius 2 is 1.77 bits per heavy atom. The number of alkyl halides is 1. The molecule has 0 heterocycles. The summed E-state index contributed by atoms with van der Waals surface area (Å²) in [5, 5.41) is 23.8. The topological polar surface area (TPSA) is 86.4 Å². The maximum Gasteiger partial charge on any atom is 0.116 e. The second-order valence-electron chi connectivity index (χ2n) is 3.50. The van der Waals surface area contributed by atoms with E-state index in [0.29, 0.717) is 12.4 Å². The Hall–Kier alpha value is -0.590. The third-order valence-corrected chi connectivity index (χ3v) is 1.29. The van der Waals surface area contributed by atoms with Crippen molar-refractivity contribution >= 4 is 11.6 Å². The van der Waals surface area contributed by atoms with Crippen molar-refractivity contribution in [3.05, 3.63) is 15.3 Å². The molecule has 0 saturated carbocycles. The molecule has 1 unspecified atom stereocenters. The second-order valence-corrected chi connectivity index (χ2v) is 3.81. The molecule has 0 radical (unpaired) electrons. The summed E-state index contributed by atoms with van der Waals surface area (Å²) in [5.74, 6) is 0.329. The maximum absolute atomic E-state index is 9.05. The number of rotatable bonds is 3. The molecular formula is C6H15ClN2O4. The van der Waals surface area contributed by atoms with Crippen LogP contribution in [-0.2, 0) is 0 Å². The molecule has 0 aromatic heterocycles. The summed E-state index contributed by atoms with van der Waals surface area (Å²) < 4.78 is 0.758. The van der Waals surface area contributed by atoms with E-state index in [-0.39, 0.29) is 6.10 Å². The first kappa shape index (κ1) is 14.9. The second kappa shape index (κ2) is 6.88. The van der Waals surface area contributed by atoms with Crippen LogP contribution < -0.4 is 0 Å². The molecule has 0 spiro atoms. The summed E-state index contributed by atoms with van der Waals surface area (Å²) >= 11 is 5.40. The number of hydrogen-bond acceptors (Lipinski definition) is 4. The largest absolute Gasteiger partial charge is 0.386 e. The van der Waals surface area contributed by atoms with Crippen LogP contribution in [0.4, 0.5) is 0 Å². The first-order chi connectivity index (χ1) is 5.69. The van der Waals surface area contributed by atoms with Crippen molar-refractivity contribution in [2.45, 2.75) is 6.10 Å². The fraction of sp³-hybridized carbons (Fsp3) is 1.00. The van der Waals surface area contributed by atoms with Gasteiger partial charge in [-0.05, 0) is 0 Å². The highest BCUT2D eigenvalue weighted by atomic mass is 35.5. The molecule has 0 fully saturated rings. The lowest BCUT2D eigenvalue weighted by Crippen LogP contribution is -2.41. The van der Waals surface area contributed by atoms with E-state index in [1.165, 1.54) is 0 Å². The van der Waals surface area contributed by atoms with Gasteiger partial charge in [-0.1, -0.05) is 0 Å². The van der Waals surface area contributed by atoms with E-state index < -0.39 is 5.09 Å². The molecule has 6 nitrogen and oxygen atoms in total. The zero-order valence-electron chi connectivity index (χ0n) is 7.94. The minimum Gasteiger partial charge on any atom is -0.386 e. The van der Waals surface area contributed by atoms with Gasteiger partial charge in [0.2, 0.25) is 0 Å². The molecule has 0 aromatic rings. The van der Waals surface area contributed by atoms with Crippen molar-refractivity contribution in [3.63, 3.8) is 0 Å². The third kappa shape index (κ3) is 24.6. The van der Waals surface area contributed by atoms with Gasteiger partial charge in [-0.15, -0.1) is 11.6 Å². The lowest BCUT2D eigenvalue weighted by molar-refractivity contribution is -0.873. The molecule has 0 bridgehead atoms. The highest BCUT2D eigenvalue weighted by Crippen LogP contribution is 1.95. The molecule has 0 saturated heterocycles. The summed E-state index contributed by atoms with van der Waals surface area (Å²) in [5.41, 5.74) is 0. The molecular weight excluding hydrogens is 200 g/mol. The number of aliphatic hydroxyl groups is 1. The molecule has 7 heteroatoms. The highest BCUT2D eigenvalue weighted by molar-refractivity contribution is 6.18. The van der Waals surface area contributed by atoms with E-state index in [9.17, 15) is 0 Å². The number of quaternary nitrogens is 1. The Kier molecular flexibility index (Phi) is 7.89. The van der Waals surface area contributed by atoms with Crippen LogP contribution >= 0.6 is 11.6 Å². The number of likely N-dealkylation sites (N-methyl/N-ethyl adjacent to an activating group) is 1. The van der Waals surface area contributed by atoms with E-state index in [2.05, 4.69) is 0 Å². The van der Waals surface area contributed by atoms with E-state index in [1.54, 1.807) is 0 Å². The Balaban J connectivity index is 0. The van der Waals surface area contributed by atoms with Gasteiger partial charge >= 0.3 is 0 Å². The third-order valence-electron chi connectivity index (χ3n) is 0.937. The predicted molar refractivity (Wildman–Crippen MR) is 50.0 cm³/mol. The van der Waals surface area contributed by atoms with E-state index in [0.717, 1.165) is 4.48 Å². The van der Waals surface area contributed by atoms with Gasteiger partial charge < -0.3 is 24.9 Å². The zero-order chi connectivity index (χ0) is 11.1. The van der Waals surface area contributed by atoms with Crippen molar-refractivity contribution in [2.75, 3.05) is 33.6 Å². The van der Waals surface area contributed by atoms with Gasteiger partial charge in [-0.25, -0.2) is 0 Å². The lowest BCUT2D eigenvalue weighted by atomic mass is 10.3. The first-order valence-corrected chi connectivity index (χ1v) is 4.08. The van der Waals surface area contributed by atoms with E-state index >= 15 is 0 Å². The van der Waals surface area contributed by atoms with Gasteiger partial charge in [0.15, 0.2) is 0 Å². The summed E-state index contributed by atoms with van der Waals surface area (Å²) in [4.78, 5) is 8.25. The smallest absolute Gasteiger partial charge is 0.116 e. The van der Waals surface area contributed by atoms with Gasteiger partial charge in [-0.3, -0.25) is 0 Å². The molecule has 0 aliphatic carbocycles. The fourth-order valence-electron chi connectivity index (χ4n) is 0.681. The van der Waals surface area contributed by atoms with Crippen molar-refractivity contribution in [1.29, 1.82) is 0 Å². The molecule has 0 amide bonds. The van der Waals surface area contributed by atoms with Crippen LogP contribution in [0.2, 0.25) is 0 Å². The number of hydrogen-bond donors (Lipinski definition) is 1. The molecule has 0 rings (SSSR count). The van der Waals surface area contributed by atoms with Crippen LogP contribution in [0, 0.1) is 15.3 Å². The molecule has 1 N–H and O–H groups in total.